The van der Waals surface area contributed by atoms with E-state index in [1.54, 1.807) is 18.2 Å². The van der Waals surface area contributed by atoms with Crippen molar-refractivity contribution in [1.29, 1.82) is 0 Å². The Bertz CT molecular complexity index is 1050. The number of nitro groups is 1. The van der Waals surface area contributed by atoms with Gasteiger partial charge in [0.05, 0.1) is 16.3 Å². The number of carbonyl (C=O) groups excluding carboxylic acids is 1. The van der Waals surface area contributed by atoms with Crippen molar-refractivity contribution in [2.24, 2.45) is 5.92 Å². The van der Waals surface area contributed by atoms with Crippen LogP contribution in [0.25, 0.3) is 16.9 Å². The van der Waals surface area contributed by atoms with Crippen LogP contribution in [-0.2, 0) is 0 Å². The predicted octanol–water partition coefficient (Wildman–Crippen LogP) is 4.45. The second-order valence-corrected chi connectivity index (χ2v) is 7.50. The van der Waals surface area contributed by atoms with E-state index >= 15 is 0 Å². The molecule has 1 N–H and O–H groups in total. The van der Waals surface area contributed by atoms with Gasteiger partial charge in [-0.25, -0.2) is 4.68 Å². The molecule has 3 aromatic rings. The van der Waals surface area contributed by atoms with Gasteiger partial charge in [-0.2, -0.15) is 5.10 Å². The highest BCUT2D eigenvalue weighted by molar-refractivity contribution is 5.94. The fourth-order valence-electron chi connectivity index (χ4n) is 2.88. The molecule has 1 aromatic heterocycles. The molecule has 3 rings (SSSR count). The second kappa shape index (κ2) is 8.26. The minimum Gasteiger partial charge on any atom is -0.350 e. The minimum absolute atomic E-state index is 0.0129. The van der Waals surface area contributed by atoms with E-state index in [1.807, 2.05) is 45.9 Å². The fourth-order valence-corrected chi connectivity index (χ4v) is 2.88. The van der Waals surface area contributed by atoms with E-state index < -0.39 is 4.92 Å². The molecular formula is C22H24N4O3. The molecule has 0 bridgehead atoms. The molecule has 0 aliphatic rings. The molecule has 150 valence electrons. The quantitative estimate of drug-likeness (QED) is 0.496. The summed E-state index contributed by atoms with van der Waals surface area (Å²) in [5.41, 5.74) is 4.85. The number of benzene rings is 2. The molecule has 0 aliphatic heterocycles. The third-order valence-corrected chi connectivity index (χ3v) is 4.72. The summed E-state index contributed by atoms with van der Waals surface area (Å²) in [5.74, 6) is 0.0774. The van der Waals surface area contributed by atoms with Gasteiger partial charge in [-0.1, -0.05) is 26.0 Å². The highest BCUT2D eigenvalue weighted by atomic mass is 16.6. The molecular weight excluding hydrogens is 368 g/mol. The zero-order chi connectivity index (χ0) is 21.1. The van der Waals surface area contributed by atoms with Crippen molar-refractivity contribution in [3.63, 3.8) is 0 Å². The first kappa shape index (κ1) is 20.3. The third kappa shape index (κ3) is 4.51. The predicted molar refractivity (Wildman–Crippen MR) is 112 cm³/mol. The molecule has 29 heavy (non-hydrogen) atoms. The molecule has 0 fully saturated rings. The van der Waals surface area contributed by atoms with Crippen LogP contribution in [-0.4, -0.2) is 27.2 Å². The lowest BCUT2D eigenvalue weighted by atomic mass is 10.0. The topological polar surface area (TPSA) is 90.1 Å². The second-order valence-electron chi connectivity index (χ2n) is 7.50. The van der Waals surface area contributed by atoms with Gasteiger partial charge >= 0.3 is 0 Å². The van der Waals surface area contributed by atoms with Crippen molar-refractivity contribution in [3.8, 4) is 16.9 Å². The lowest BCUT2D eigenvalue weighted by molar-refractivity contribution is -0.384. The van der Waals surface area contributed by atoms with Crippen LogP contribution in [0.5, 0.6) is 0 Å². The Balaban J connectivity index is 2.06. The van der Waals surface area contributed by atoms with E-state index in [2.05, 4.69) is 10.4 Å². The van der Waals surface area contributed by atoms with Gasteiger partial charge in [0.15, 0.2) is 0 Å². The number of nitrogens with one attached hydrogen (secondary N) is 1. The van der Waals surface area contributed by atoms with Gasteiger partial charge in [-0.05, 0) is 55.2 Å². The SMILES string of the molecule is Cc1ccc(-c2cc(C(=O)NCC(C)C)n(-c3ccc([N+](=O)[O-])cc3)n2)cc1C. The van der Waals surface area contributed by atoms with Gasteiger partial charge in [-0.3, -0.25) is 14.9 Å². The van der Waals surface area contributed by atoms with Crippen LogP contribution in [0.3, 0.4) is 0 Å². The van der Waals surface area contributed by atoms with Crippen LogP contribution >= 0.6 is 0 Å². The molecule has 0 atom stereocenters. The largest absolute Gasteiger partial charge is 0.350 e. The zero-order valence-electron chi connectivity index (χ0n) is 17.0. The lowest BCUT2D eigenvalue weighted by Crippen LogP contribution is -2.29. The first-order valence-corrected chi connectivity index (χ1v) is 9.47. The number of nitro benzene ring substituents is 1. The summed E-state index contributed by atoms with van der Waals surface area (Å²) in [6.45, 7) is 8.66. The summed E-state index contributed by atoms with van der Waals surface area (Å²) in [4.78, 5) is 23.3. The number of aromatic nitrogens is 2. The maximum absolute atomic E-state index is 12.8. The molecule has 0 saturated carbocycles. The number of non-ortho nitro benzene ring substituents is 1. The van der Waals surface area contributed by atoms with Gasteiger partial charge in [0, 0.05) is 24.2 Å². The van der Waals surface area contributed by atoms with Gasteiger partial charge in [0.2, 0.25) is 0 Å². The van der Waals surface area contributed by atoms with Crippen LogP contribution in [0.1, 0.15) is 35.5 Å². The van der Waals surface area contributed by atoms with E-state index in [0.717, 1.165) is 11.1 Å². The Hall–Kier alpha value is -3.48. The number of hydrogen-bond donors (Lipinski definition) is 1. The van der Waals surface area contributed by atoms with Gasteiger partial charge in [0.1, 0.15) is 5.69 Å². The van der Waals surface area contributed by atoms with E-state index in [4.69, 9.17) is 0 Å². The number of carbonyl (C=O) groups is 1. The van der Waals surface area contributed by atoms with E-state index in [9.17, 15) is 14.9 Å². The zero-order valence-corrected chi connectivity index (χ0v) is 17.0. The van der Waals surface area contributed by atoms with Gasteiger partial charge < -0.3 is 5.32 Å². The van der Waals surface area contributed by atoms with Gasteiger partial charge in [-0.15, -0.1) is 0 Å². The number of hydrogen-bond acceptors (Lipinski definition) is 4. The minimum atomic E-state index is -0.455. The normalized spacial score (nSPS) is 10.9. The summed E-state index contributed by atoms with van der Waals surface area (Å²) < 4.78 is 1.53. The van der Waals surface area contributed by atoms with Crippen LogP contribution in [0.4, 0.5) is 5.69 Å². The van der Waals surface area contributed by atoms with Crippen molar-refractivity contribution < 1.29 is 9.72 Å². The molecule has 7 nitrogen and oxygen atoms in total. The van der Waals surface area contributed by atoms with Crippen molar-refractivity contribution in [1.82, 2.24) is 15.1 Å². The Morgan fingerprint density at radius 1 is 1.10 bits per heavy atom. The lowest BCUT2D eigenvalue weighted by Gasteiger charge is -2.09. The van der Waals surface area contributed by atoms with Crippen LogP contribution in [0, 0.1) is 29.9 Å². The number of rotatable bonds is 6. The molecule has 0 aliphatic carbocycles. The molecule has 7 heteroatoms. The van der Waals surface area contributed by atoms with Crippen molar-refractivity contribution in [2.45, 2.75) is 27.7 Å². The Labute approximate surface area is 169 Å². The van der Waals surface area contributed by atoms with E-state index in [-0.39, 0.29) is 11.6 Å². The van der Waals surface area contributed by atoms with Crippen molar-refractivity contribution >= 4 is 11.6 Å². The standard InChI is InChI=1S/C22H24N4O3/c1-14(2)13-23-22(27)21-12-20(17-6-5-15(3)16(4)11-17)24-25(21)18-7-9-19(10-8-18)26(28)29/h5-12,14H,13H2,1-4H3,(H,23,27). The highest BCUT2D eigenvalue weighted by Crippen LogP contribution is 2.25. The van der Waals surface area contributed by atoms with E-state index in [1.165, 1.54) is 22.4 Å². The number of aryl methyl sites for hydroxylation is 2. The summed E-state index contributed by atoms with van der Waals surface area (Å²) in [6, 6.07) is 13.8. The Kier molecular flexibility index (Phi) is 5.77. The number of amides is 1. The molecule has 1 heterocycles. The molecule has 1 amide bonds. The average molecular weight is 392 g/mol. The van der Waals surface area contributed by atoms with Crippen LogP contribution in [0.15, 0.2) is 48.5 Å². The van der Waals surface area contributed by atoms with E-state index in [0.29, 0.717) is 29.5 Å². The van der Waals surface area contributed by atoms with Crippen LogP contribution in [0.2, 0.25) is 0 Å². The summed E-state index contributed by atoms with van der Waals surface area (Å²) in [5, 5.41) is 18.5. The van der Waals surface area contributed by atoms with Crippen molar-refractivity contribution in [3.05, 3.63) is 75.5 Å². The fraction of sp³-hybridized carbons (Fsp3) is 0.273. The monoisotopic (exact) mass is 392 g/mol. The molecule has 2 aromatic carbocycles. The molecule has 0 spiro atoms. The average Bonchev–Trinajstić information content (AvgIpc) is 3.13. The van der Waals surface area contributed by atoms with Gasteiger partial charge in [0.25, 0.3) is 11.6 Å². The summed E-state index contributed by atoms with van der Waals surface area (Å²) >= 11 is 0. The summed E-state index contributed by atoms with van der Waals surface area (Å²) in [7, 11) is 0. The first-order valence-electron chi connectivity index (χ1n) is 9.47. The van der Waals surface area contributed by atoms with Crippen molar-refractivity contribution in [2.75, 3.05) is 6.54 Å². The molecule has 0 unspecified atom stereocenters. The highest BCUT2D eigenvalue weighted by Gasteiger charge is 2.18. The summed E-state index contributed by atoms with van der Waals surface area (Å²) in [6.07, 6.45) is 0. The molecule has 0 radical (unpaired) electrons. The maximum Gasteiger partial charge on any atom is 0.270 e. The number of nitrogens with zero attached hydrogens (tertiary/aromatic N) is 3. The van der Waals surface area contributed by atoms with Crippen LogP contribution < -0.4 is 5.32 Å². The Morgan fingerprint density at radius 2 is 1.79 bits per heavy atom. The maximum atomic E-state index is 12.8. The molecule has 0 saturated heterocycles. The smallest absolute Gasteiger partial charge is 0.270 e. The third-order valence-electron chi connectivity index (χ3n) is 4.72. The first-order chi connectivity index (χ1) is 13.8. The Morgan fingerprint density at radius 3 is 2.38 bits per heavy atom.